The highest BCUT2D eigenvalue weighted by atomic mass is 15.1. The number of rotatable bonds is 4. The monoisotopic (exact) mass is 242 g/mol. The van der Waals surface area contributed by atoms with E-state index in [1.54, 1.807) is 6.20 Å². The smallest absolute Gasteiger partial charge is 0.0710 e. The predicted octanol–water partition coefficient (Wildman–Crippen LogP) is 2.50. The van der Waals surface area contributed by atoms with Crippen molar-refractivity contribution in [2.75, 3.05) is 0 Å². The summed E-state index contributed by atoms with van der Waals surface area (Å²) in [6.07, 6.45) is 9.43. The molecule has 4 heteroatoms. The highest BCUT2D eigenvalue weighted by Gasteiger charge is 2.31. The van der Waals surface area contributed by atoms with Gasteiger partial charge in [0.2, 0.25) is 0 Å². The Morgan fingerprint density at radius 2 is 2.28 bits per heavy atom. The highest BCUT2D eigenvalue weighted by Crippen LogP contribution is 2.31. The third-order valence-corrected chi connectivity index (χ3v) is 3.83. The van der Waals surface area contributed by atoms with Gasteiger partial charge in [-0.15, -0.1) is 0 Å². The molecule has 2 aromatic heterocycles. The van der Waals surface area contributed by atoms with Gasteiger partial charge in [-0.25, -0.2) is 0 Å². The molecule has 0 aliphatic heterocycles. The summed E-state index contributed by atoms with van der Waals surface area (Å²) in [4.78, 5) is 4.15. The standard InChI is InChI=1S/C14H18N4/c1-14(5-3-6-14)16-9-12-10-17-18-13(12)11-4-2-7-15-8-11/h2,4,7-8,10,16H,3,5-6,9H2,1H3,(H,17,18). The fourth-order valence-electron chi connectivity index (χ4n) is 2.40. The van der Waals surface area contributed by atoms with E-state index in [4.69, 9.17) is 0 Å². The van der Waals surface area contributed by atoms with Crippen molar-refractivity contribution >= 4 is 0 Å². The van der Waals surface area contributed by atoms with Crippen molar-refractivity contribution in [3.63, 3.8) is 0 Å². The van der Waals surface area contributed by atoms with Crippen LogP contribution in [0.4, 0.5) is 0 Å². The Morgan fingerprint density at radius 1 is 1.39 bits per heavy atom. The maximum absolute atomic E-state index is 4.15. The minimum Gasteiger partial charge on any atom is -0.307 e. The summed E-state index contributed by atoms with van der Waals surface area (Å²) >= 11 is 0. The maximum Gasteiger partial charge on any atom is 0.0710 e. The van der Waals surface area contributed by atoms with Gasteiger partial charge in [-0.05, 0) is 38.3 Å². The number of hydrogen-bond donors (Lipinski definition) is 2. The van der Waals surface area contributed by atoms with E-state index in [0.717, 1.165) is 17.8 Å². The summed E-state index contributed by atoms with van der Waals surface area (Å²) in [6, 6.07) is 4.00. The first-order chi connectivity index (χ1) is 8.77. The molecule has 0 radical (unpaired) electrons. The molecule has 1 saturated carbocycles. The third kappa shape index (κ3) is 2.16. The topological polar surface area (TPSA) is 53.6 Å². The van der Waals surface area contributed by atoms with Crippen LogP contribution in [0.1, 0.15) is 31.7 Å². The molecular formula is C14H18N4. The molecule has 0 atom stereocenters. The average molecular weight is 242 g/mol. The molecule has 4 nitrogen and oxygen atoms in total. The van der Waals surface area contributed by atoms with Crippen LogP contribution >= 0.6 is 0 Å². The molecular weight excluding hydrogens is 224 g/mol. The molecule has 2 aromatic rings. The van der Waals surface area contributed by atoms with Crippen molar-refractivity contribution in [2.45, 2.75) is 38.3 Å². The van der Waals surface area contributed by atoms with Gasteiger partial charge in [-0.3, -0.25) is 10.1 Å². The van der Waals surface area contributed by atoms with E-state index in [-0.39, 0.29) is 0 Å². The fourth-order valence-corrected chi connectivity index (χ4v) is 2.40. The van der Waals surface area contributed by atoms with Crippen molar-refractivity contribution in [3.05, 3.63) is 36.3 Å². The van der Waals surface area contributed by atoms with Crippen LogP contribution in [0.2, 0.25) is 0 Å². The molecule has 1 aliphatic rings. The van der Waals surface area contributed by atoms with E-state index in [2.05, 4.69) is 33.5 Å². The van der Waals surface area contributed by atoms with Crippen molar-refractivity contribution in [1.82, 2.24) is 20.5 Å². The summed E-state index contributed by atoms with van der Waals surface area (Å²) in [5.74, 6) is 0. The molecule has 94 valence electrons. The van der Waals surface area contributed by atoms with Crippen LogP contribution in [0.25, 0.3) is 11.3 Å². The van der Waals surface area contributed by atoms with Gasteiger partial charge < -0.3 is 5.32 Å². The van der Waals surface area contributed by atoms with Crippen LogP contribution < -0.4 is 5.32 Å². The Balaban J connectivity index is 1.75. The quantitative estimate of drug-likeness (QED) is 0.866. The first-order valence-corrected chi connectivity index (χ1v) is 6.45. The molecule has 0 saturated heterocycles. The number of nitrogens with one attached hydrogen (secondary N) is 2. The summed E-state index contributed by atoms with van der Waals surface area (Å²) < 4.78 is 0. The largest absolute Gasteiger partial charge is 0.307 e. The van der Waals surface area contributed by atoms with Crippen molar-refractivity contribution < 1.29 is 0 Å². The minimum absolute atomic E-state index is 0.323. The second-order valence-electron chi connectivity index (χ2n) is 5.28. The molecule has 2 N–H and O–H groups in total. The zero-order valence-corrected chi connectivity index (χ0v) is 10.6. The summed E-state index contributed by atoms with van der Waals surface area (Å²) in [5.41, 5.74) is 3.68. The number of pyridine rings is 1. The van der Waals surface area contributed by atoms with Crippen LogP contribution in [-0.4, -0.2) is 20.7 Å². The van der Waals surface area contributed by atoms with Gasteiger partial charge in [-0.1, -0.05) is 0 Å². The molecule has 0 spiro atoms. The van der Waals surface area contributed by atoms with Gasteiger partial charge in [0, 0.05) is 35.6 Å². The lowest BCUT2D eigenvalue weighted by molar-refractivity contribution is 0.207. The van der Waals surface area contributed by atoms with E-state index in [9.17, 15) is 0 Å². The van der Waals surface area contributed by atoms with Gasteiger partial charge >= 0.3 is 0 Å². The van der Waals surface area contributed by atoms with E-state index in [0.29, 0.717) is 5.54 Å². The first-order valence-electron chi connectivity index (χ1n) is 6.45. The minimum atomic E-state index is 0.323. The Hall–Kier alpha value is -1.68. The fraction of sp³-hybridized carbons (Fsp3) is 0.429. The number of hydrogen-bond acceptors (Lipinski definition) is 3. The molecule has 0 unspecified atom stereocenters. The molecule has 1 aliphatic carbocycles. The Morgan fingerprint density at radius 3 is 2.94 bits per heavy atom. The molecule has 0 bridgehead atoms. The molecule has 1 fully saturated rings. The van der Waals surface area contributed by atoms with Crippen molar-refractivity contribution in [1.29, 1.82) is 0 Å². The SMILES string of the molecule is CC1(NCc2cn[nH]c2-c2cccnc2)CCC1. The number of aromatic amines is 1. The molecule has 2 heterocycles. The Bertz CT molecular complexity index is 514. The maximum atomic E-state index is 4.15. The van der Waals surface area contributed by atoms with Crippen LogP contribution in [0.3, 0.4) is 0 Å². The summed E-state index contributed by atoms with van der Waals surface area (Å²) in [7, 11) is 0. The first kappa shape index (κ1) is 11.4. The van der Waals surface area contributed by atoms with E-state index >= 15 is 0 Å². The number of aromatic nitrogens is 3. The van der Waals surface area contributed by atoms with Gasteiger partial charge in [-0.2, -0.15) is 5.10 Å². The second-order valence-corrected chi connectivity index (χ2v) is 5.28. The summed E-state index contributed by atoms with van der Waals surface area (Å²) in [5, 5.41) is 10.8. The molecule has 0 amide bonds. The van der Waals surface area contributed by atoms with Gasteiger partial charge in [0.1, 0.15) is 0 Å². The number of H-pyrrole nitrogens is 1. The van der Waals surface area contributed by atoms with Crippen LogP contribution in [-0.2, 0) is 6.54 Å². The summed E-state index contributed by atoms with van der Waals surface area (Å²) in [6.45, 7) is 3.15. The van der Waals surface area contributed by atoms with E-state index in [1.165, 1.54) is 24.8 Å². The van der Waals surface area contributed by atoms with Crippen molar-refractivity contribution in [3.8, 4) is 11.3 Å². The predicted molar refractivity (Wildman–Crippen MR) is 70.9 cm³/mol. The zero-order valence-electron chi connectivity index (χ0n) is 10.6. The molecule has 3 rings (SSSR count). The molecule has 0 aromatic carbocycles. The third-order valence-electron chi connectivity index (χ3n) is 3.83. The van der Waals surface area contributed by atoms with E-state index < -0.39 is 0 Å². The highest BCUT2D eigenvalue weighted by molar-refractivity contribution is 5.61. The molecule has 18 heavy (non-hydrogen) atoms. The van der Waals surface area contributed by atoms with Crippen molar-refractivity contribution in [2.24, 2.45) is 0 Å². The normalized spacial score (nSPS) is 17.4. The van der Waals surface area contributed by atoms with Gasteiger partial charge in [0.25, 0.3) is 0 Å². The Labute approximate surface area is 107 Å². The second kappa shape index (κ2) is 4.53. The lowest BCUT2D eigenvalue weighted by Gasteiger charge is -2.39. The zero-order chi connectivity index (χ0) is 12.4. The van der Waals surface area contributed by atoms with Crippen LogP contribution in [0, 0.1) is 0 Å². The number of nitrogens with zero attached hydrogens (tertiary/aromatic N) is 2. The van der Waals surface area contributed by atoms with E-state index in [1.807, 2.05) is 18.5 Å². The average Bonchev–Trinajstić information content (AvgIpc) is 2.83. The lowest BCUT2D eigenvalue weighted by atomic mass is 9.78. The van der Waals surface area contributed by atoms with Gasteiger partial charge in [0.05, 0.1) is 11.9 Å². The van der Waals surface area contributed by atoms with Gasteiger partial charge in [0.15, 0.2) is 0 Å². The lowest BCUT2D eigenvalue weighted by Crippen LogP contribution is -2.47. The van der Waals surface area contributed by atoms with Crippen LogP contribution in [0.15, 0.2) is 30.7 Å². The van der Waals surface area contributed by atoms with Crippen LogP contribution in [0.5, 0.6) is 0 Å². The Kier molecular flexibility index (Phi) is 2.88.